The van der Waals surface area contributed by atoms with Crippen LogP contribution in [0.15, 0.2) is 30.5 Å². The summed E-state index contributed by atoms with van der Waals surface area (Å²) >= 11 is 0. The first-order valence-electron chi connectivity index (χ1n) is 10.7. The van der Waals surface area contributed by atoms with Crippen LogP contribution in [0.25, 0.3) is 5.52 Å². The smallest absolute Gasteiger partial charge is 0.366 e. The number of anilines is 2. The van der Waals surface area contributed by atoms with Crippen molar-refractivity contribution in [1.82, 2.24) is 14.6 Å². The molecule has 1 aliphatic rings. The Kier molecular flexibility index (Phi) is 5.79. The van der Waals surface area contributed by atoms with Gasteiger partial charge in [0.1, 0.15) is 0 Å². The molecule has 0 radical (unpaired) electrons. The molecule has 176 valence electrons. The normalized spacial score (nSPS) is 14.5. The van der Waals surface area contributed by atoms with Crippen LogP contribution in [0.4, 0.5) is 29.1 Å². The van der Waals surface area contributed by atoms with E-state index >= 15 is 0 Å². The van der Waals surface area contributed by atoms with E-state index in [1.54, 1.807) is 12.1 Å². The van der Waals surface area contributed by atoms with Gasteiger partial charge in [-0.25, -0.2) is 13.9 Å². The standard InChI is InChI=1S/C23H25F4N5O/c1-22(2,3)12-20(33)29-21-16(24)11-18-17(28-21)5-4-7-31(18)13-14-6-8-32-15(9-14)10-19(30-32)23(25,26)27/h6,8-11H,4-5,7,12-13H2,1-3H3,(H,28,29,33). The lowest BCUT2D eigenvalue weighted by Crippen LogP contribution is -2.30. The van der Waals surface area contributed by atoms with Gasteiger partial charge in [-0.15, -0.1) is 0 Å². The van der Waals surface area contributed by atoms with E-state index in [2.05, 4.69) is 15.4 Å². The van der Waals surface area contributed by atoms with Crippen LogP contribution in [0.2, 0.25) is 0 Å². The summed E-state index contributed by atoms with van der Waals surface area (Å²) in [7, 11) is 0. The molecule has 6 nitrogen and oxygen atoms in total. The SMILES string of the molecule is CC(C)(C)CC(=O)Nc1nc2c(cc1F)N(Cc1ccn3nc(C(F)(F)F)cc3c1)CCC2. The highest BCUT2D eigenvalue weighted by molar-refractivity contribution is 5.90. The zero-order valence-corrected chi connectivity index (χ0v) is 18.6. The van der Waals surface area contributed by atoms with Crippen LogP contribution in [-0.4, -0.2) is 27.0 Å². The van der Waals surface area contributed by atoms with E-state index < -0.39 is 17.7 Å². The number of hydrogen-bond acceptors (Lipinski definition) is 4. The summed E-state index contributed by atoms with van der Waals surface area (Å²) in [5.41, 5.74) is 1.22. The number of hydrogen-bond donors (Lipinski definition) is 1. The molecule has 0 aromatic carbocycles. The summed E-state index contributed by atoms with van der Waals surface area (Å²) in [6.45, 7) is 6.81. The lowest BCUT2D eigenvalue weighted by atomic mass is 9.92. The minimum atomic E-state index is -4.51. The fourth-order valence-corrected chi connectivity index (χ4v) is 3.94. The molecule has 0 fully saturated rings. The predicted octanol–water partition coefficient (Wildman–Crippen LogP) is 5.21. The molecule has 3 aromatic heterocycles. The minimum Gasteiger partial charge on any atom is -0.366 e. The van der Waals surface area contributed by atoms with E-state index in [-0.39, 0.29) is 23.6 Å². The van der Waals surface area contributed by atoms with Crippen molar-refractivity contribution in [2.24, 2.45) is 5.41 Å². The van der Waals surface area contributed by atoms with Gasteiger partial charge in [-0.1, -0.05) is 20.8 Å². The maximum atomic E-state index is 14.8. The van der Waals surface area contributed by atoms with Crippen molar-refractivity contribution < 1.29 is 22.4 Å². The molecule has 33 heavy (non-hydrogen) atoms. The number of fused-ring (bicyclic) bond motifs is 2. The van der Waals surface area contributed by atoms with Crippen LogP contribution in [0.3, 0.4) is 0 Å². The molecule has 1 amide bonds. The molecular formula is C23H25F4N5O. The molecular weight excluding hydrogens is 438 g/mol. The predicted molar refractivity (Wildman–Crippen MR) is 116 cm³/mol. The molecule has 0 unspecified atom stereocenters. The van der Waals surface area contributed by atoms with E-state index in [1.165, 1.54) is 16.8 Å². The second kappa shape index (κ2) is 8.31. The van der Waals surface area contributed by atoms with E-state index in [0.29, 0.717) is 36.4 Å². The van der Waals surface area contributed by atoms with Gasteiger partial charge in [0.05, 0.1) is 16.9 Å². The lowest BCUT2D eigenvalue weighted by Gasteiger charge is -2.31. The number of amides is 1. The van der Waals surface area contributed by atoms with Gasteiger partial charge in [0.25, 0.3) is 0 Å². The lowest BCUT2D eigenvalue weighted by molar-refractivity contribution is -0.141. The van der Waals surface area contributed by atoms with Crippen molar-refractivity contribution in [3.05, 3.63) is 53.2 Å². The van der Waals surface area contributed by atoms with Gasteiger partial charge in [0.2, 0.25) is 5.91 Å². The molecule has 0 atom stereocenters. The fourth-order valence-electron chi connectivity index (χ4n) is 3.94. The van der Waals surface area contributed by atoms with Crippen LogP contribution in [0.1, 0.15) is 50.6 Å². The van der Waals surface area contributed by atoms with E-state index in [9.17, 15) is 22.4 Å². The van der Waals surface area contributed by atoms with Gasteiger partial charge in [0, 0.05) is 31.8 Å². The van der Waals surface area contributed by atoms with Crippen molar-refractivity contribution in [1.29, 1.82) is 0 Å². The maximum Gasteiger partial charge on any atom is 0.435 e. The minimum absolute atomic E-state index is 0.0785. The Morgan fingerprint density at radius 3 is 2.64 bits per heavy atom. The van der Waals surface area contributed by atoms with Crippen molar-refractivity contribution >= 4 is 22.9 Å². The van der Waals surface area contributed by atoms with Crippen LogP contribution in [-0.2, 0) is 23.9 Å². The molecule has 4 rings (SSSR count). The number of nitrogens with one attached hydrogen (secondary N) is 1. The van der Waals surface area contributed by atoms with Gasteiger partial charge in [0.15, 0.2) is 17.3 Å². The molecule has 0 saturated carbocycles. The zero-order valence-electron chi connectivity index (χ0n) is 18.6. The third-order valence-corrected chi connectivity index (χ3v) is 5.35. The fraction of sp³-hybridized carbons (Fsp3) is 0.435. The van der Waals surface area contributed by atoms with E-state index in [0.717, 1.165) is 18.1 Å². The van der Waals surface area contributed by atoms with Crippen molar-refractivity contribution in [3.63, 3.8) is 0 Å². The third-order valence-electron chi connectivity index (χ3n) is 5.35. The van der Waals surface area contributed by atoms with Crippen molar-refractivity contribution in [2.45, 2.75) is 52.8 Å². The van der Waals surface area contributed by atoms with E-state index in [1.807, 2.05) is 25.7 Å². The largest absolute Gasteiger partial charge is 0.435 e. The Labute approximate surface area is 188 Å². The first-order chi connectivity index (χ1) is 15.4. The quantitative estimate of drug-likeness (QED) is 0.540. The summed E-state index contributed by atoms with van der Waals surface area (Å²) in [6.07, 6.45) is -1.36. The maximum absolute atomic E-state index is 14.8. The Hall–Kier alpha value is -3.17. The second-order valence-corrected chi connectivity index (χ2v) is 9.53. The molecule has 10 heteroatoms. The highest BCUT2D eigenvalue weighted by Crippen LogP contribution is 2.32. The van der Waals surface area contributed by atoms with E-state index in [4.69, 9.17) is 0 Å². The van der Waals surface area contributed by atoms with Crippen LogP contribution in [0.5, 0.6) is 0 Å². The van der Waals surface area contributed by atoms with Crippen molar-refractivity contribution in [2.75, 3.05) is 16.8 Å². The van der Waals surface area contributed by atoms with Gasteiger partial charge in [-0.05, 0) is 42.0 Å². The number of carbonyl (C=O) groups is 1. The number of pyridine rings is 2. The summed E-state index contributed by atoms with van der Waals surface area (Å²) in [5.74, 6) is -0.997. The molecule has 0 spiro atoms. The monoisotopic (exact) mass is 463 g/mol. The molecule has 1 aliphatic heterocycles. The number of nitrogens with zero attached hydrogens (tertiary/aromatic N) is 4. The summed E-state index contributed by atoms with van der Waals surface area (Å²) in [6, 6.07) is 5.70. The number of carbonyl (C=O) groups excluding carboxylic acids is 1. The average Bonchev–Trinajstić information content (AvgIpc) is 3.12. The van der Waals surface area contributed by atoms with Crippen molar-refractivity contribution in [3.8, 4) is 0 Å². The number of rotatable bonds is 4. The zero-order chi connectivity index (χ0) is 24.0. The van der Waals surface area contributed by atoms with Gasteiger partial charge >= 0.3 is 6.18 Å². The van der Waals surface area contributed by atoms with Crippen LogP contribution >= 0.6 is 0 Å². The number of aryl methyl sites for hydroxylation is 1. The topological polar surface area (TPSA) is 62.5 Å². The highest BCUT2D eigenvalue weighted by atomic mass is 19.4. The second-order valence-electron chi connectivity index (χ2n) is 9.53. The van der Waals surface area contributed by atoms with Crippen LogP contribution in [0, 0.1) is 11.2 Å². The molecule has 3 aromatic rings. The van der Waals surface area contributed by atoms with Gasteiger partial charge in [-0.2, -0.15) is 18.3 Å². The number of aromatic nitrogens is 3. The van der Waals surface area contributed by atoms with Gasteiger partial charge < -0.3 is 10.2 Å². The Morgan fingerprint density at radius 1 is 1.18 bits per heavy atom. The molecule has 4 heterocycles. The summed E-state index contributed by atoms with van der Waals surface area (Å²) in [4.78, 5) is 18.5. The van der Waals surface area contributed by atoms with Crippen LogP contribution < -0.4 is 10.2 Å². The highest BCUT2D eigenvalue weighted by Gasteiger charge is 2.34. The Balaban J connectivity index is 1.55. The van der Waals surface area contributed by atoms with Gasteiger partial charge in [-0.3, -0.25) is 4.79 Å². The first kappa shape index (κ1) is 23.0. The molecule has 0 saturated heterocycles. The Morgan fingerprint density at radius 2 is 1.94 bits per heavy atom. The third kappa shape index (κ3) is 5.26. The first-order valence-corrected chi connectivity index (χ1v) is 10.7. The number of halogens is 4. The average molecular weight is 463 g/mol. The molecule has 0 bridgehead atoms. The molecule has 0 aliphatic carbocycles. The Bertz CT molecular complexity index is 1200. The summed E-state index contributed by atoms with van der Waals surface area (Å²) < 4.78 is 54.8. The summed E-state index contributed by atoms with van der Waals surface area (Å²) in [5, 5.41) is 6.13. The number of alkyl halides is 3. The molecule has 1 N–H and O–H groups in total.